The summed E-state index contributed by atoms with van der Waals surface area (Å²) in [7, 11) is 0. The Morgan fingerprint density at radius 1 is 1.28 bits per heavy atom. The molecule has 0 bridgehead atoms. The first-order valence-corrected chi connectivity index (χ1v) is 9.89. The zero-order valence-corrected chi connectivity index (χ0v) is 15.8. The molecule has 0 amide bonds. The molecule has 1 saturated heterocycles. The number of hydrogen-bond donors (Lipinski definition) is 2. The van der Waals surface area contributed by atoms with Gasteiger partial charge in [-0.25, -0.2) is 4.98 Å². The average molecular weight is 344 g/mol. The average Bonchev–Trinajstić information content (AvgIpc) is 3.08. The van der Waals surface area contributed by atoms with Gasteiger partial charge in [-0.1, -0.05) is 25.8 Å². The molecule has 2 N–H and O–H groups in total. The molecule has 3 rings (SSSR count). The summed E-state index contributed by atoms with van der Waals surface area (Å²) in [5.41, 5.74) is 0.407. The number of anilines is 1. The highest BCUT2D eigenvalue weighted by Gasteiger charge is 2.28. The van der Waals surface area contributed by atoms with Crippen LogP contribution in [-0.4, -0.2) is 43.2 Å². The van der Waals surface area contributed by atoms with Crippen molar-refractivity contribution in [3.63, 3.8) is 0 Å². The monoisotopic (exact) mass is 343 g/mol. The molecule has 138 valence electrons. The maximum absolute atomic E-state index is 4.91. The highest BCUT2D eigenvalue weighted by Crippen LogP contribution is 2.37. The minimum Gasteiger partial charge on any atom is -0.357 e. The lowest BCUT2D eigenvalue weighted by molar-refractivity contribution is 0.349. The third-order valence-electron chi connectivity index (χ3n) is 5.58. The van der Waals surface area contributed by atoms with Crippen LogP contribution in [0.25, 0.3) is 0 Å². The van der Waals surface area contributed by atoms with Crippen molar-refractivity contribution >= 4 is 11.8 Å². The van der Waals surface area contributed by atoms with E-state index in [9.17, 15) is 0 Å². The first-order valence-electron chi connectivity index (χ1n) is 9.89. The molecule has 0 unspecified atom stereocenters. The summed E-state index contributed by atoms with van der Waals surface area (Å²) in [5, 5.41) is 7.09. The van der Waals surface area contributed by atoms with Gasteiger partial charge in [-0.05, 0) is 50.2 Å². The number of nitrogens with one attached hydrogen (secondary N) is 2. The van der Waals surface area contributed by atoms with Crippen LogP contribution in [0.2, 0.25) is 0 Å². The Morgan fingerprint density at radius 2 is 2.04 bits per heavy atom. The molecule has 0 radical (unpaired) electrons. The molecule has 2 fully saturated rings. The standard InChI is InChI=1S/C20H33N5/c1-3-21-19(23-16-20(2)11-5-6-12-20)24-17-9-14-25(15-10-17)18-8-4-7-13-22-18/h4,7-8,13,17H,3,5-6,9-12,14-16H2,1-2H3,(H2,21,23,24). The second-order valence-corrected chi connectivity index (χ2v) is 7.81. The van der Waals surface area contributed by atoms with Gasteiger partial charge in [0.1, 0.15) is 5.82 Å². The van der Waals surface area contributed by atoms with Crippen LogP contribution in [-0.2, 0) is 0 Å². The van der Waals surface area contributed by atoms with Gasteiger partial charge in [0.25, 0.3) is 0 Å². The Bertz CT molecular complexity index is 542. The molecule has 5 heteroatoms. The van der Waals surface area contributed by atoms with Gasteiger partial charge in [-0.2, -0.15) is 0 Å². The van der Waals surface area contributed by atoms with Gasteiger partial charge >= 0.3 is 0 Å². The maximum atomic E-state index is 4.91. The predicted octanol–water partition coefficient (Wildman–Crippen LogP) is 3.19. The van der Waals surface area contributed by atoms with Crippen LogP contribution >= 0.6 is 0 Å². The topological polar surface area (TPSA) is 52.6 Å². The Kier molecular flexibility index (Phi) is 6.16. The Balaban J connectivity index is 1.51. The largest absolute Gasteiger partial charge is 0.357 e. The molecule has 2 heterocycles. The molecule has 1 aliphatic heterocycles. The van der Waals surface area contributed by atoms with E-state index >= 15 is 0 Å². The summed E-state index contributed by atoms with van der Waals surface area (Å²) in [5.74, 6) is 2.09. The third-order valence-corrected chi connectivity index (χ3v) is 5.58. The van der Waals surface area contributed by atoms with E-state index in [2.05, 4.69) is 46.5 Å². The highest BCUT2D eigenvalue weighted by atomic mass is 15.2. The fourth-order valence-corrected chi connectivity index (χ4v) is 3.96. The van der Waals surface area contributed by atoms with Gasteiger partial charge in [0.2, 0.25) is 0 Å². The van der Waals surface area contributed by atoms with Crippen LogP contribution in [0.5, 0.6) is 0 Å². The summed E-state index contributed by atoms with van der Waals surface area (Å²) >= 11 is 0. The van der Waals surface area contributed by atoms with E-state index in [-0.39, 0.29) is 0 Å². The van der Waals surface area contributed by atoms with Crippen LogP contribution in [0.3, 0.4) is 0 Å². The lowest BCUT2D eigenvalue weighted by Gasteiger charge is -2.34. The summed E-state index contributed by atoms with van der Waals surface area (Å²) < 4.78 is 0. The predicted molar refractivity (Wildman–Crippen MR) is 105 cm³/mol. The fourth-order valence-electron chi connectivity index (χ4n) is 3.96. The van der Waals surface area contributed by atoms with Crippen molar-refractivity contribution in [1.29, 1.82) is 0 Å². The van der Waals surface area contributed by atoms with Crippen LogP contribution in [0.1, 0.15) is 52.4 Å². The summed E-state index contributed by atoms with van der Waals surface area (Å²) in [6.07, 6.45) is 9.48. The maximum Gasteiger partial charge on any atom is 0.191 e. The van der Waals surface area contributed by atoms with Crippen LogP contribution in [0.15, 0.2) is 29.4 Å². The minimum absolute atomic E-state index is 0.407. The van der Waals surface area contributed by atoms with E-state index in [1.54, 1.807) is 0 Å². The van der Waals surface area contributed by atoms with Crippen molar-refractivity contribution < 1.29 is 0 Å². The van der Waals surface area contributed by atoms with E-state index in [0.717, 1.165) is 50.8 Å². The van der Waals surface area contributed by atoms with E-state index in [0.29, 0.717) is 11.5 Å². The SMILES string of the molecule is CCNC(=NCC1(C)CCCC1)NC1CCN(c2ccccn2)CC1. The van der Waals surface area contributed by atoms with Gasteiger partial charge in [-0.3, -0.25) is 4.99 Å². The lowest BCUT2D eigenvalue weighted by atomic mass is 9.89. The number of nitrogens with zero attached hydrogens (tertiary/aromatic N) is 3. The highest BCUT2D eigenvalue weighted by molar-refractivity contribution is 5.80. The lowest BCUT2D eigenvalue weighted by Crippen LogP contribution is -2.49. The van der Waals surface area contributed by atoms with Crippen molar-refractivity contribution in [3.8, 4) is 0 Å². The molecule has 0 aromatic carbocycles. The van der Waals surface area contributed by atoms with Gasteiger partial charge in [0.05, 0.1) is 0 Å². The Labute approximate surface area is 152 Å². The van der Waals surface area contributed by atoms with E-state index in [1.807, 2.05) is 12.3 Å². The molecule has 1 aliphatic carbocycles. The number of pyridine rings is 1. The number of hydrogen-bond acceptors (Lipinski definition) is 3. The van der Waals surface area contributed by atoms with Crippen LogP contribution in [0.4, 0.5) is 5.82 Å². The van der Waals surface area contributed by atoms with Gasteiger partial charge < -0.3 is 15.5 Å². The first-order chi connectivity index (χ1) is 12.2. The van der Waals surface area contributed by atoms with Crippen molar-refractivity contribution in [2.24, 2.45) is 10.4 Å². The Hall–Kier alpha value is -1.78. The Morgan fingerprint density at radius 3 is 2.68 bits per heavy atom. The van der Waals surface area contributed by atoms with E-state index < -0.39 is 0 Å². The zero-order chi connectivity index (χ0) is 17.5. The number of guanidine groups is 1. The number of rotatable bonds is 5. The number of aliphatic imine (C=N–C) groups is 1. The van der Waals surface area contributed by atoms with Crippen LogP contribution in [0, 0.1) is 5.41 Å². The zero-order valence-electron chi connectivity index (χ0n) is 15.8. The molecule has 1 saturated carbocycles. The normalized spacial score (nSPS) is 21.4. The van der Waals surface area contributed by atoms with Gasteiger partial charge in [-0.15, -0.1) is 0 Å². The molecule has 0 spiro atoms. The van der Waals surface area contributed by atoms with Crippen molar-refractivity contribution in [2.75, 3.05) is 31.1 Å². The van der Waals surface area contributed by atoms with Gasteiger partial charge in [0, 0.05) is 38.4 Å². The molecule has 1 aromatic heterocycles. The quantitative estimate of drug-likeness (QED) is 0.637. The smallest absolute Gasteiger partial charge is 0.191 e. The summed E-state index contributed by atoms with van der Waals surface area (Å²) in [4.78, 5) is 11.8. The summed E-state index contributed by atoms with van der Waals surface area (Å²) in [6, 6.07) is 6.63. The molecule has 5 nitrogen and oxygen atoms in total. The second kappa shape index (κ2) is 8.54. The molecule has 1 aromatic rings. The minimum atomic E-state index is 0.407. The van der Waals surface area contributed by atoms with Gasteiger partial charge in [0.15, 0.2) is 5.96 Å². The molecular weight excluding hydrogens is 310 g/mol. The molecular formula is C20H33N5. The third kappa shape index (κ3) is 5.10. The molecule has 2 aliphatic rings. The molecule has 25 heavy (non-hydrogen) atoms. The van der Waals surface area contributed by atoms with Crippen molar-refractivity contribution in [3.05, 3.63) is 24.4 Å². The fraction of sp³-hybridized carbons (Fsp3) is 0.700. The number of piperidine rings is 1. The molecule has 0 atom stereocenters. The second-order valence-electron chi connectivity index (χ2n) is 7.81. The summed E-state index contributed by atoms with van der Waals surface area (Å²) in [6.45, 7) is 8.47. The van der Waals surface area contributed by atoms with E-state index in [1.165, 1.54) is 25.7 Å². The van der Waals surface area contributed by atoms with Crippen molar-refractivity contribution in [1.82, 2.24) is 15.6 Å². The van der Waals surface area contributed by atoms with E-state index in [4.69, 9.17) is 4.99 Å². The first kappa shape index (κ1) is 18.0. The van der Waals surface area contributed by atoms with Crippen LogP contribution < -0.4 is 15.5 Å². The number of aromatic nitrogens is 1. The van der Waals surface area contributed by atoms with Crippen molar-refractivity contribution in [2.45, 2.75) is 58.4 Å².